The molecular formula is C15H18INO2. The lowest BCUT2D eigenvalue weighted by Crippen LogP contribution is -2.23. The van der Waals surface area contributed by atoms with Crippen molar-refractivity contribution in [3.63, 3.8) is 0 Å². The summed E-state index contributed by atoms with van der Waals surface area (Å²) in [4.78, 5) is 11.6. The van der Waals surface area contributed by atoms with Gasteiger partial charge in [-0.1, -0.05) is 12.1 Å². The topological polar surface area (TPSA) is 50.1 Å². The average molecular weight is 371 g/mol. The molecule has 1 aromatic rings. The van der Waals surface area contributed by atoms with Crippen LogP contribution < -0.4 is 0 Å². The number of carbonyl (C=O) groups is 1. The molecule has 0 N–H and O–H groups in total. The van der Waals surface area contributed by atoms with Gasteiger partial charge in [0.25, 0.3) is 0 Å². The van der Waals surface area contributed by atoms with Crippen LogP contribution >= 0.6 is 22.6 Å². The molecule has 0 aliphatic rings. The van der Waals surface area contributed by atoms with Crippen LogP contribution in [0.15, 0.2) is 24.3 Å². The monoisotopic (exact) mass is 371 g/mol. The molecule has 1 unspecified atom stereocenters. The summed E-state index contributed by atoms with van der Waals surface area (Å²) in [6.07, 6.45) is 0.756. The largest absolute Gasteiger partial charge is 0.460 e. The Morgan fingerprint density at radius 3 is 2.68 bits per heavy atom. The van der Waals surface area contributed by atoms with E-state index in [2.05, 4.69) is 28.7 Å². The van der Waals surface area contributed by atoms with Gasteiger partial charge >= 0.3 is 5.97 Å². The summed E-state index contributed by atoms with van der Waals surface area (Å²) < 4.78 is 6.33. The van der Waals surface area contributed by atoms with Crippen molar-refractivity contribution in [2.45, 2.75) is 45.1 Å². The van der Waals surface area contributed by atoms with Crippen molar-refractivity contribution in [1.29, 1.82) is 5.26 Å². The first-order valence-electron chi connectivity index (χ1n) is 6.19. The van der Waals surface area contributed by atoms with Crippen LogP contribution in [0.3, 0.4) is 0 Å². The maximum Gasteiger partial charge on any atom is 0.306 e. The number of nitrogens with zero attached hydrogens (tertiary/aromatic N) is 1. The van der Waals surface area contributed by atoms with Gasteiger partial charge in [-0.2, -0.15) is 5.26 Å². The van der Waals surface area contributed by atoms with Crippen LogP contribution in [-0.4, -0.2) is 11.6 Å². The Morgan fingerprint density at radius 1 is 1.47 bits per heavy atom. The van der Waals surface area contributed by atoms with Crippen molar-refractivity contribution < 1.29 is 9.53 Å². The molecule has 4 heteroatoms. The molecule has 0 saturated heterocycles. The fourth-order valence-corrected chi connectivity index (χ4v) is 2.25. The molecule has 1 atom stereocenters. The second-order valence-corrected chi connectivity index (χ2v) is 6.61. The predicted molar refractivity (Wildman–Crippen MR) is 82.6 cm³/mol. The maximum absolute atomic E-state index is 11.6. The molecule has 0 aliphatic heterocycles. The number of hydrogen-bond acceptors (Lipinski definition) is 3. The molecule has 1 aromatic carbocycles. The van der Waals surface area contributed by atoms with Gasteiger partial charge in [0.05, 0.1) is 12.0 Å². The number of nitriles is 1. The van der Waals surface area contributed by atoms with E-state index in [9.17, 15) is 10.1 Å². The highest BCUT2D eigenvalue weighted by atomic mass is 127. The Morgan fingerprint density at radius 2 is 2.16 bits per heavy atom. The fourth-order valence-electron chi connectivity index (χ4n) is 1.68. The minimum absolute atomic E-state index is 0.252. The van der Waals surface area contributed by atoms with Crippen LogP contribution in [0.5, 0.6) is 0 Å². The summed E-state index contributed by atoms with van der Waals surface area (Å²) in [5, 5.41) is 9.21. The third-order valence-corrected chi connectivity index (χ3v) is 3.14. The number of rotatable bonds is 4. The van der Waals surface area contributed by atoms with Gasteiger partial charge in [-0.15, -0.1) is 0 Å². The molecular weight excluding hydrogens is 353 g/mol. The maximum atomic E-state index is 11.6. The van der Waals surface area contributed by atoms with E-state index in [0.717, 1.165) is 9.13 Å². The van der Waals surface area contributed by atoms with E-state index < -0.39 is 5.60 Å². The smallest absolute Gasteiger partial charge is 0.306 e. The van der Waals surface area contributed by atoms with E-state index in [1.54, 1.807) is 0 Å². The van der Waals surface area contributed by atoms with Gasteiger partial charge in [-0.25, -0.2) is 0 Å². The summed E-state index contributed by atoms with van der Waals surface area (Å²) >= 11 is 2.21. The van der Waals surface area contributed by atoms with E-state index in [0.29, 0.717) is 6.42 Å². The molecule has 0 saturated carbocycles. The highest BCUT2D eigenvalue weighted by molar-refractivity contribution is 14.1. The second kappa shape index (κ2) is 6.90. The molecule has 1 rings (SSSR count). The van der Waals surface area contributed by atoms with Gasteiger partial charge in [-0.3, -0.25) is 4.79 Å². The number of benzene rings is 1. The van der Waals surface area contributed by atoms with Crippen molar-refractivity contribution in [1.82, 2.24) is 0 Å². The van der Waals surface area contributed by atoms with E-state index in [1.807, 2.05) is 45.0 Å². The zero-order valence-electron chi connectivity index (χ0n) is 11.4. The Balaban J connectivity index is 2.60. The molecule has 0 spiro atoms. The molecule has 0 amide bonds. The summed E-state index contributed by atoms with van der Waals surface area (Å²) in [6.45, 7) is 5.52. The molecule has 0 aromatic heterocycles. The average Bonchev–Trinajstić information content (AvgIpc) is 2.27. The van der Waals surface area contributed by atoms with Crippen LogP contribution in [-0.2, 0) is 9.53 Å². The third kappa shape index (κ3) is 6.06. The van der Waals surface area contributed by atoms with Gasteiger partial charge in [0, 0.05) is 9.99 Å². The fraction of sp³-hybridized carbons (Fsp3) is 0.467. The van der Waals surface area contributed by atoms with Crippen molar-refractivity contribution >= 4 is 28.6 Å². The van der Waals surface area contributed by atoms with Crippen molar-refractivity contribution in [2.75, 3.05) is 0 Å². The number of esters is 1. The van der Waals surface area contributed by atoms with Crippen LogP contribution in [0.25, 0.3) is 0 Å². The molecule has 0 fully saturated rings. The SMILES string of the molecule is CC(C)(C)OC(=O)CCC(C#N)c1cccc(I)c1. The van der Waals surface area contributed by atoms with Crippen LogP contribution in [0, 0.1) is 14.9 Å². The molecule has 19 heavy (non-hydrogen) atoms. The first-order chi connectivity index (χ1) is 8.81. The Hall–Kier alpha value is -1.09. The Kier molecular flexibility index (Phi) is 5.80. The first-order valence-corrected chi connectivity index (χ1v) is 7.26. The van der Waals surface area contributed by atoms with E-state index >= 15 is 0 Å². The van der Waals surface area contributed by atoms with Gasteiger partial charge in [-0.05, 0) is 67.5 Å². The Bertz CT molecular complexity index is 486. The number of ether oxygens (including phenoxy) is 1. The molecule has 0 aliphatic carbocycles. The van der Waals surface area contributed by atoms with Gasteiger partial charge in [0.15, 0.2) is 0 Å². The van der Waals surface area contributed by atoms with Gasteiger partial charge < -0.3 is 4.74 Å². The molecule has 0 radical (unpaired) electrons. The highest BCUT2D eigenvalue weighted by Crippen LogP contribution is 2.23. The highest BCUT2D eigenvalue weighted by Gasteiger charge is 2.18. The first kappa shape index (κ1) is 16.0. The summed E-state index contributed by atoms with van der Waals surface area (Å²) in [5.41, 5.74) is 0.486. The number of hydrogen-bond donors (Lipinski definition) is 0. The predicted octanol–water partition coefficient (Wildman–Crippen LogP) is 4.02. The lowest BCUT2D eigenvalue weighted by Gasteiger charge is -2.19. The minimum Gasteiger partial charge on any atom is -0.460 e. The van der Waals surface area contributed by atoms with Crippen molar-refractivity contribution in [2.24, 2.45) is 0 Å². The van der Waals surface area contributed by atoms with E-state index in [4.69, 9.17) is 4.74 Å². The third-order valence-electron chi connectivity index (χ3n) is 2.46. The van der Waals surface area contributed by atoms with Crippen LogP contribution in [0.4, 0.5) is 0 Å². The number of carbonyl (C=O) groups excluding carboxylic acids is 1. The van der Waals surface area contributed by atoms with Crippen LogP contribution in [0.1, 0.15) is 45.1 Å². The second-order valence-electron chi connectivity index (χ2n) is 5.36. The summed E-state index contributed by atoms with van der Waals surface area (Å²) in [5.74, 6) is -0.513. The van der Waals surface area contributed by atoms with Crippen molar-refractivity contribution in [3.8, 4) is 6.07 Å². The molecule has 0 heterocycles. The molecule has 3 nitrogen and oxygen atoms in total. The van der Waals surface area contributed by atoms with Gasteiger partial charge in [0.1, 0.15) is 5.60 Å². The van der Waals surface area contributed by atoms with E-state index in [1.165, 1.54) is 0 Å². The van der Waals surface area contributed by atoms with Crippen molar-refractivity contribution in [3.05, 3.63) is 33.4 Å². The Labute approximate surface area is 128 Å². The zero-order valence-corrected chi connectivity index (χ0v) is 13.6. The summed E-state index contributed by atoms with van der Waals surface area (Å²) in [6, 6.07) is 10.1. The lowest BCUT2D eigenvalue weighted by atomic mass is 9.96. The zero-order chi connectivity index (χ0) is 14.5. The lowest BCUT2D eigenvalue weighted by molar-refractivity contribution is -0.154. The minimum atomic E-state index is -0.471. The summed E-state index contributed by atoms with van der Waals surface area (Å²) in [7, 11) is 0. The normalized spacial score (nSPS) is 12.6. The number of halogens is 1. The van der Waals surface area contributed by atoms with Gasteiger partial charge in [0.2, 0.25) is 0 Å². The quantitative estimate of drug-likeness (QED) is 0.593. The van der Waals surface area contributed by atoms with E-state index in [-0.39, 0.29) is 18.3 Å². The molecule has 0 bridgehead atoms. The molecule has 102 valence electrons. The standard InChI is InChI=1S/C15H18INO2/c1-15(2,3)19-14(18)8-7-12(10-17)11-5-4-6-13(16)9-11/h4-6,9,12H,7-8H2,1-3H3. The van der Waals surface area contributed by atoms with Crippen LogP contribution in [0.2, 0.25) is 0 Å².